The zero-order valence-corrected chi connectivity index (χ0v) is 11.4. The molecule has 0 saturated carbocycles. The summed E-state index contributed by atoms with van der Waals surface area (Å²) >= 11 is 6.01. The van der Waals surface area contributed by atoms with Crippen molar-refractivity contribution in [3.05, 3.63) is 35.0 Å². The number of aromatic amines is 1. The highest BCUT2D eigenvalue weighted by Gasteiger charge is 2.14. The van der Waals surface area contributed by atoms with Crippen molar-refractivity contribution in [3.8, 4) is 0 Å². The maximum absolute atomic E-state index is 6.01. The van der Waals surface area contributed by atoms with E-state index in [2.05, 4.69) is 27.9 Å². The van der Waals surface area contributed by atoms with Gasteiger partial charge in [0.25, 0.3) is 0 Å². The monoisotopic (exact) mass is 263 g/mol. The lowest BCUT2D eigenvalue weighted by molar-refractivity contribution is 0.147. The van der Waals surface area contributed by atoms with Crippen LogP contribution in [-0.4, -0.2) is 48.0 Å². The van der Waals surface area contributed by atoms with Crippen molar-refractivity contribution in [2.45, 2.75) is 6.54 Å². The van der Waals surface area contributed by atoms with Gasteiger partial charge in [-0.15, -0.1) is 0 Å². The average Bonchev–Trinajstić information content (AvgIpc) is 2.73. The number of hydrogen-bond donors (Lipinski definition) is 1. The quantitative estimate of drug-likeness (QED) is 0.900. The second-order valence-electron chi connectivity index (χ2n) is 5.11. The van der Waals surface area contributed by atoms with Crippen LogP contribution in [0.5, 0.6) is 0 Å². The van der Waals surface area contributed by atoms with Gasteiger partial charge >= 0.3 is 0 Å². The molecule has 0 aliphatic carbocycles. The van der Waals surface area contributed by atoms with E-state index in [-0.39, 0.29) is 0 Å². The van der Waals surface area contributed by atoms with Gasteiger partial charge in [0, 0.05) is 54.3 Å². The lowest BCUT2D eigenvalue weighted by Gasteiger charge is -2.31. The van der Waals surface area contributed by atoms with Crippen molar-refractivity contribution in [1.29, 1.82) is 0 Å². The van der Waals surface area contributed by atoms with Crippen molar-refractivity contribution in [2.75, 3.05) is 33.2 Å². The van der Waals surface area contributed by atoms with Crippen molar-refractivity contribution >= 4 is 22.5 Å². The number of nitrogens with one attached hydrogen (secondary N) is 1. The number of fused-ring (bicyclic) bond motifs is 1. The number of benzene rings is 1. The number of nitrogens with zero attached hydrogens (tertiary/aromatic N) is 2. The predicted octanol–water partition coefficient (Wildman–Crippen LogP) is 2.57. The second kappa shape index (κ2) is 4.92. The third kappa shape index (κ3) is 2.53. The number of rotatable bonds is 2. The van der Waals surface area contributed by atoms with Crippen LogP contribution in [0.25, 0.3) is 10.9 Å². The van der Waals surface area contributed by atoms with Crippen LogP contribution in [0.1, 0.15) is 5.69 Å². The third-order valence-corrected chi connectivity index (χ3v) is 3.86. The van der Waals surface area contributed by atoms with Crippen LogP contribution in [0.4, 0.5) is 0 Å². The maximum atomic E-state index is 6.01. The van der Waals surface area contributed by atoms with Crippen molar-refractivity contribution in [3.63, 3.8) is 0 Å². The van der Waals surface area contributed by atoms with Gasteiger partial charge in [0.05, 0.1) is 0 Å². The van der Waals surface area contributed by atoms with E-state index in [0.29, 0.717) is 0 Å². The maximum Gasteiger partial charge on any atom is 0.0457 e. The highest BCUT2D eigenvalue weighted by atomic mass is 35.5. The molecule has 18 heavy (non-hydrogen) atoms. The van der Waals surface area contributed by atoms with Crippen molar-refractivity contribution < 1.29 is 0 Å². The molecule has 1 fully saturated rings. The third-order valence-electron chi connectivity index (χ3n) is 3.63. The minimum atomic E-state index is 0.799. The van der Waals surface area contributed by atoms with E-state index >= 15 is 0 Å². The van der Waals surface area contributed by atoms with Crippen LogP contribution in [-0.2, 0) is 6.54 Å². The SMILES string of the molecule is CN1CCN(Cc2cc3cc(Cl)ccc3[nH]2)CC1. The summed E-state index contributed by atoms with van der Waals surface area (Å²) in [5.74, 6) is 0. The van der Waals surface area contributed by atoms with Gasteiger partial charge in [-0.05, 0) is 31.3 Å². The van der Waals surface area contributed by atoms with Gasteiger partial charge in [0.1, 0.15) is 0 Å². The molecule has 96 valence electrons. The molecular weight excluding hydrogens is 246 g/mol. The summed E-state index contributed by atoms with van der Waals surface area (Å²) in [6.07, 6.45) is 0. The molecule has 1 aliphatic heterocycles. The smallest absolute Gasteiger partial charge is 0.0457 e. The Labute approximate surface area is 112 Å². The van der Waals surface area contributed by atoms with Crippen molar-refractivity contribution in [2.24, 2.45) is 0 Å². The molecule has 1 aliphatic rings. The Bertz CT molecular complexity index is 541. The van der Waals surface area contributed by atoms with Crippen LogP contribution in [0, 0.1) is 0 Å². The van der Waals surface area contributed by atoms with E-state index in [1.165, 1.54) is 16.6 Å². The minimum absolute atomic E-state index is 0.799. The topological polar surface area (TPSA) is 22.3 Å². The van der Waals surface area contributed by atoms with Crippen LogP contribution in [0.2, 0.25) is 5.02 Å². The first-order valence-electron chi connectivity index (χ1n) is 6.39. The van der Waals surface area contributed by atoms with Crippen LogP contribution >= 0.6 is 11.6 Å². The van der Waals surface area contributed by atoms with E-state index in [4.69, 9.17) is 11.6 Å². The number of H-pyrrole nitrogens is 1. The fraction of sp³-hybridized carbons (Fsp3) is 0.429. The number of piperazine rings is 1. The molecule has 3 rings (SSSR count). The molecule has 3 nitrogen and oxygen atoms in total. The predicted molar refractivity (Wildman–Crippen MR) is 76.1 cm³/mol. The standard InChI is InChI=1S/C14H18ClN3/c1-17-4-6-18(7-5-17)10-13-9-11-8-12(15)2-3-14(11)16-13/h2-3,8-9,16H,4-7,10H2,1H3. The highest BCUT2D eigenvalue weighted by Crippen LogP contribution is 2.21. The van der Waals surface area contributed by atoms with E-state index in [0.717, 1.165) is 37.7 Å². The van der Waals surface area contributed by atoms with Gasteiger partial charge in [-0.3, -0.25) is 4.90 Å². The molecule has 0 radical (unpaired) electrons. The van der Waals surface area contributed by atoms with E-state index in [1.807, 2.05) is 18.2 Å². The fourth-order valence-corrected chi connectivity index (χ4v) is 2.68. The zero-order chi connectivity index (χ0) is 12.5. The summed E-state index contributed by atoms with van der Waals surface area (Å²) in [5, 5.41) is 2.00. The Morgan fingerprint density at radius 1 is 1.17 bits per heavy atom. The molecule has 1 N–H and O–H groups in total. The van der Waals surface area contributed by atoms with Crippen LogP contribution in [0.3, 0.4) is 0 Å². The first kappa shape index (κ1) is 12.0. The summed E-state index contributed by atoms with van der Waals surface area (Å²) in [4.78, 5) is 8.34. The summed E-state index contributed by atoms with van der Waals surface area (Å²) in [6, 6.07) is 8.20. The molecule has 2 heterocycles. The van der Waals surface area contributed by atoms with Gasteiger partial charge < -0.3 is 9.88 Å². The molecule has 1 saturated heterocycles. The van der Waals surface area contributed by atoms with E-state index in [1.54, 1.807) is 0 Å². The summed E-state index contributed by atoms with van der Waals surface area (Å²) in [7, 11) is 2.18. The number of likely N-dealkylation sites (N-methyl/N-ethyl adjacent to an activating group) is 1. The first-order chi connectivity index (χ1) is 8.70. The molecule has 2 aromatic rings. The first-order valence-corrected chi connectivity index (χ1v) is 6.76. The lowest BCUT2D eigenvalue weighted by Crippen LogP contribution is -2.43. The van der Waals surface area contributed by atoms with Crippen LogP contribution in [0.15, 0.2) is 24.3 Å². The molecule has 1 aromatic carbocycles. The zero-order valence-electron chi connectivity index (χ0n) is 10.6. The largest absolute Gasteiger partial charge is 0.357 e. The van der Waals surface area contributed by atoms with Gasteiger partial charge in [0.15, 0.2) is 0 Å². The van der Waals surface area contributed by atoms with E-state index < -0.39 is 0 Å². The van der Waals surface area contributed by atoms with Crippen LogP contribution < -0.4 is 0 Å². The number of aromatic nitrogens is 1. The molecule has 0 spiro atoms. The van der Waals surface area contributed by atoms with E-state index in [9.17, 15) is 0 Å². The molecule has 0 bridgehead atoms. The molecule has 0 amide bonds. The molecule has 1 aromatic heterocycles. The Morgan fingerprint density at radius 2 is 1.94 bits per heavy atom. The summed E-state index contributed by atoms with van der Waals surface area (Å²) in [5.41, 5.74) is 2.44. The average molecular weight is 264 g/mol. The van der Waals surface area contributed by atoms with Gasteiger partial charge in [-0.2, -0.15) is 0 Å². The Balaban J connectivity index is 1.74. The second-order valence-corrected chi connectivity index (χ2v) is 5.54. The fourth-order valence-electron chi connectivity index (χ4n) is 2.50. The minimum Gasteiger partial charge on any atom is -0.357 e. The number of hydrogen-bond acceptors (Lipinski definition) is 2. The molecule has 0 unspecified atom stereocenters. The van der Waals surface area contributed by atoms with Gasteiger partial charge in [-0.25, -0.2) is 0 Å². The van der Waals surface area contributed by atoms with Gasteiger partial charge in [-0.1, -0.05) is 11.6 Å². The Morgan fingerprint density at radius 3 is 2.72 bits per heavy atom. The summed E-state index contributed by atoms with van der Waals surface area (Å²) < 4.78 is 0. The Hall–Kier alpha value is -1.03. The molecule has 4 heteroatoms. The summed E-state index contributed by atoms with van der Waals surface area (Å²) in [6.45, 7) is 5.61. The molecular formula is C14H18ClN3. The number of halogens is 1. The highest BCUT2D eigenvalue weighted by molar-refractivity contribution is 6.31. The lowest BCUT2D eigenvalue weighted by atomic mass is 10.2. The van der Waals surface area contributed by atoms with Gasteiger partial charge in [0.2, 0.25) is 0 Å². The Kier molecular flexibility index (Phi) is 3.29. The normalized spacial score (nSPS) is 18.6. The molecule has 0 atom stereocenters. The van der Waals surface area contributed by atoms with Crippen molar-refractivity contribution in [1.82, 2.24) is 14.8 Å².